The van der Waals surface area contributed by atoms with E-state index in [0.29, 0.717) is 6.54 Å². The second-order valence-electron chi connectivity index (χ2n) is 2.98. The van der Waals surface area contributed by atoms with Gasteiger partial charge in [0.25, 0.3) is 0 Å². The molecule has 0 atom stereocenters. The Bertz CT molecular complexity index is 232. The number of rotatable bonds is 4. The fourth-order valence-corrected chi connectivity index (χ4v) is 1.67. The highest BCUT2D eigenvalue weighted by Crippen LogP contribution is 2.12. The van der Waals surface area contributed by atoms with Gasteiger partial charge in [0.05, 0.1) is 5.01 Å². The summed E-state index contributed by atoms with van der Waals surface area (Å²) in [7, 11) is 4.13. The first kappa shape index (κ1) is 9.64. The Kier molecular flexibility index (Phi) is 3.65. The van der Waals surface area contributed by atoms with Gasteiger partial charge >= 0.3 is 0 Å². The van der Waals surface area contributed by atoms with Crippen molar-refractivity contribution in [1.82, 2.24) is 9.88 Å². The molecule has 12 heavy (non-hydrogen) atoms. The van der Waals surface area contributed by atoms with Crippen LogP contribution in [0.5, 0.6) is 0 Å². The molecule has 2 N–H and O–H groups in total. The maximum Gasteiger partial charge on any atom is 0.0940 e. The lowest BCUT2D eigenvalue weighted by atomic mass is 10.4. The molecule has 0 aromatic carbocycles. The van der Waals surface area contributed by atoms with Gasteiger partial charge in [-0.3, -0.25) is 0 Å². The zero-order valence-electron chi connectivity index (χ0n) is 7.58. The number of nitrogens with two attached hydrogens (primary N) is 1. The van der Waals surface area contributed by atoms with Crippen molar-refractivity contribution in [3.63, 3.8) is 0 Å². The summed E-state index contributed by atoms with van der Waals surface area (Å²) in [5, 5.41) is 1.18. The minimum Gasteiger partial charge on any atom is -0.326 e. The molecule has 0 aliphatic heterocycles. The first-order valence-electron chi connectivity index (χ1n) is 4.00. The van der Waals surface area contributed by atoms with E-state index in [-0.39, 0.29) is 0 Å². The maximum atomic E-state index is 5.48. The van der Waals surface area contributed by atoms with Crippen LogP contribution in [-0.2, 0) is 13.0 Å². The van der Waals surface area contributed by atoms with Crippen molar-refractivity contribution < 1.29 is 0 Å². The Morgan fingerprint density at radius 2 is 2.33 bits per heavy atom. The van der Waals surface area contributed by atoms with Gasteiger partial charge in [-0.15, -0.1) is 11.3 Å². The van der Waals surface area contributed by atoms with Gasteiger partial charge < -0.3 is 10.6 Å². The number of aromatic nitrogens is 1. The molecule has 1 aromatic rings. The normalized spacial score (nSPS) is 11.0. The minimum absolute atomic E-state index is 0.611. The molecule has 0 spiro atoms. The smallest absolute Gasteiger partial charge is 0.0940 e. The highest BCUT2D eigenvalue weighted by molar-refractivity contribution is 7.11. The highest BCUT2D eigenvalue weighted by atomic mass is 32.1. The quantitative estimate of drug-likeness (QED) is 0.751. The lowest BCUT2D eigenvalue weighted by Crippen LogP contribution is -2.14. The SMILES string of the molecule is CN(C)CCc1ncc(CN)s1. The van der Waals surface area contributed by atoms with E-state index in [1.165, 1.54) is 9.88 Å². The van der Waals surface area contributed by atoms with Gasteiger partial charge in [0.1, 0.15) is 0 Å². The molecular formula is C8H15N3S. The largest absolute Gasteiger partial charge is 0.326 e. The van der Waals surface area contributed by atoms with E-state index >= 15 is 0 Å². The molecule has 4 heteroatoms. The number of hydrogen-bond donors (Lipinski definition) is 1. The number of hydrogen-bond acceptors (Lipinski definition) is 4. The van der Waals surface area contributed by atoms with E-state index in [0.717, 1.165) is 13.0 Å². The fraction of sp³-hybridized carbons (Fsp3) is 0.625. The van der Waals surface area contributed by atoms with Crippen LogP contribution in [0.4, 0.5) is 0 Å². The van der Waals surface area contributed by atoms with Crippen molar-refractivity contribution >= 4 is 11.3 Å². The average Bonchev–Trinajstić information content (AvgIpc) is 2.48. The van der Waals surface area contributed by atoms with Crippen LogP contribution in [0, 0.1) is 0 Å². The summed E-state index contributed by atoms with van der Waals surface area (Å²) in [6.45, 7) is 1.66. The zero-order valence-corrected chi connectivity index (χ0v) is 8.40. The Morgan fingerprint density at radius 3 is 2.83 bits per heavy atom. The highest BCUT2D eigenvalue weighted by Gasteiger charge is 2.00. The Labute approximate surface area is 77.2 Å². The molecule has 3 nitrogen and oxygen atoms in total. The third-order valence-corrected chi connectivity index (χ3v) is 2.65. The Hall–Kier alpha value is -0.450. The molecule has 68 valence electrons. The lowest BCUT2D eigenvalue weighted by molar-refractivity contribution is 0.413. The van der Waals surface area contributed by atoms with Gasteiger partial charge in [0.2, 0.25) is 0 Å². The van der Waals surface area contributed by atoms with Crippen molar-refractivity contribution in [2.75, 3.05) is 20.6 Å². The van der Waals surface area contributed by atoms with Gasteiger partial charge in [0, 0.05) is 30.6 Å². The van der Waals surface area contributed by atoms with Crippen molar-refractivity contribution in [1.29, 1.82) is 0 Å². The summed E-state index contributed by atoms with van der Waals surface area (Å²) in [5.41, 5.74) is 5.48. The molecule has 0 radical (unpaired) electrons. The van der Waals surface area contributed by atoms with Crippen LogP contribution in [-0.4, -0.2) is 30.5 Å². The fourth-order valence-electron chi connectivity index (χ4n) is 0.877. The molecule has 0 amide bonds. The molecule has 1 heterocycles. The van der Waals surface area contributed by atoms with Crippen LogP contribution in [0.3, 0.4) is 0 Å². The zero-order chi connectivity index (χ0) is 8.97. The van der Waals surface area contributed by atoms with Crippen molar-refractivity contribution in [2.24, 2.45) is 5.73 Å². The molecule has 1 aromatic heterocycles. The third-order valence-electron chi connectivity index (χ3n) is 1.58. The molecule has 1 rings (SSSR count). The molecule has 0 saturated carbocycles. The van der Waals surface area contributed by atoms with Crippen molar-refractivity contribution in [3.05, 3.63) is 16.1 Å². The predicted molar refractivity (Wildman–Crippen MR) is 52.3 cm³/mol. The van der Waals surface area contributed by atoms with Gasteiger partial charge in [-0.1, -0.05) is 0 Å². The molecule has 0 bridgehead atoms. The second-order valence-corrected chi connectivity index (χ2v) is 4.18. The van der Waals surface area contributed by atoms with Crippen LogP contribution in [0.25, 0.3) is 0 Å². The minimum atomic E-state index is 0.611. The number of thiazole rings is 1. The van der Waals surface area contributed by atoms with E-state index in [1.807, 2.05) is 6.20 Å². The molecule has 0 unspecified atom stereocenters. The summed E-state index contributed by atoms with van der Waals surface area (Å²) in [6.07, 6.45) is 2.90. The first-order valence-corrected chi connectivity index (χ1v) is 4.82. The van der Waals surface area contributed by atoms with Gasteiger partial charge in [-0.05, 0) is 14.1 Å². The summed E-state index contributed by atoms with van der Waals surface area (Å²) in [5.74, 6) is 0. The first-order chi connectivity index (χ1) is 5.72. The van der Waals surface area contributed by atoms with Crippen LogP contribution >= 0.6 is 11.3 Å². The molecular weight excluding hydrogens is 170 g/mol. The summed E-state index contributed by atoms with van der Waals surface area (Å²) < 4.78 is 0. The molecule has 0 saturated heterocycles. The standard InChI is InChI=1S/C8H15N3S/c1-11(2)4-3-8-10-6-7(5-9)12-8/h6H,3-5,9H2,1-2H3. The summed E-state index contributed by atoms with van der Waals surface area (Å²) in [6, 6.07) is 0. The lowest BCUT2D eigenvalue weighted by Gasteiger charge is -2.06. The average molecular weight is 185 g/mol. The van der Waals surface area contributed by atoms with Crippen LogP contribution in [0.2, 0.25) is 0 Å². The van der Waals surface area contributed by atoms with Gasteiger partial charge in [-0.25, -0.2) is 4.98 Å². The van der Waals surface area contributed by atoms with Crippen LogP contribution < -0.4 is 5.73 Å². The number of nitrogens with zero attached hydrogens (tertiary/aromatic N) is 2. The Balaban J connectivity index is 2.41. The molecule has 0 aliphatic carbocycles. The van der Waals surface area contributed by atoms with Crippen LogP contribution in [0.1, 0.15) is 9.88 Å². The van der Waals surface area contributed by atoms with E-state index in [9.17, 15) is 0 Å². The monoisotopic (exact) mass is 185 g/mol. The van der Waals surface area contributed by atoms with E-state index in [2.05, 4.69) is 24.0 Å². The third kappa shape index (κ3) is 2.89. The molecule has 0 aliphatic rings. The second kappa shape index (κ2) is 4.54. The van der Waals surface area contributed by atoms with Gasteiger partial charge in [0.15, 0.2) is 0 Å². The van der Waals surface area contributed by atoms with Gasteiger partial charge in [-0.2, -0.15) is 0 Å². The van der Waals surface area contributed by atoms with E-state index < -0.39 is 0 Å². The maximum absolute atomic E-state index is 5.48. The molecule has 0 fully saturated rings. The van der Waals surface area contributed by atoms with E-state index in [4.69, 9.17) is 5.73 Å². The Morgan fingerprint density at radius 1 is 1.58 bits per heavy atom. The van der Waals surface area contributed by atoms with Crippen molar-refractivity contribution in [2.45, 2.75) is 13.0 Å². The van der Waals surface area contributed by atoms with E-state index in [1.54, 1.807) is 11.3 Å². The van der Waals surface area contributed by atoms with Crippen molar-refractivity contribution in [3.8, 4) is 0 Å². The topological polar surface area (TPSA) is 42.2 Å². The predicted octanol–water partition coefficient (Wildman–Crippen LogP) is 0.706. The van der Waals surface area contributed by atoms with Crippen LogP contribution in [0.15, 0.2) is 6.20 Å². The number of likely N-dealkylation sites (N-methyl/N-ethyl adjacent to an activating group) is 1. The summed E-state index contributed by atoms with van der Waals surface area (Å²) >= 11 is 1.71. The summed E-state index contributed by atoms with van der Waals surface area (Å²) in [4.78, 5) is 7.60.